The summed E-state index contributed by atoms with van der Waals surface area (Å²) in [4.78, 5) is 9.70. The largest absolute Gasteiger partial charge is 0.371 e. The molecular weight excluding hydrogens is 450 g/mol. The first-order valence-corrected chi connectivity index (χ1v) is 13.0. The van der Waals surface area contributed by atoms with Crippen LogP contribution in [0.25, 0.3) is 0 Å². The van der Waals surface area contributed by atoms with Crippen molar-refractivity contribution < 1.29 is 14.2 Å². The summed E-state index contributed by atoms with van der Waals surface area (Å²) < 4.78 is 18.7. The van der Waals surface area contributed by atoms with Gasteiger partial charge in [0, 0.05) is 35.7 Å². The van der Waals surface area contributed by atoms with Crippen LogP contribution in [0, 0.1) is 0 Å². The number of aromatic nitrogens is 3. The van der Waals surface area contributed by atoms with Gasteiger partial charge in [-0.25, -0.2) is 0 Å². The third kappa shape index (κ3) is 6.38. The highest BCUT2D eigenvalue weighted by atomic mass is 16.5. The van der Waals surface area contributed by atoms with Crippen molar-refractivity contribution in [3.8, 4) is 0 Å². The summed E-state index contributed by atoms with van der Waals surface area (Å²) in [6.45, 7) is 10.1. The molecule has 0 fully saturated rings. The van der Waals surface area contributed by atoms with E-state index in [0.29, 0.717) is 39.6 Å². The molecule has 6 heteroatoms. The molecule has 0 amide bonds. The van der Waals surface area contributed by atoms with Gasteiger partial charge in [0.2, 0.25) is 0 Å². The summed E-state index contributed by atoms with van der Waals surface area (Å²) in [6.07, 6.45) is 8.61. The zero-order valence-electron chi connectivity index (χ0n) is 21.8. The lowest BCUT2D eigenvalue weighted by atomic mass is 9.84. The van der Waals surface area contributed by atoms with Gasteiger partial charge in [-0.15, -0.1) is 0 Å². The third-order valence-electron chi connectivity index (χ3n) is 6.75. The van der Waals surface area contributed by atoms with Crippen molar-refractivity contribution in [2.24, 2.45) is 0 Å². The van der Waals surface area contributed by atoms with Crippen molar-refractivity contribution in [2.75, 3.05) is 0 Å². The Morgan fingerprint density at radius 2 is 0.750 bits per heavy atom. The summed E-state index contributed by atoms with van der Waals surface area (Å²) in [5, 5.41) is 0. The molecule has 3 aromatic heterocycles. The first-order chi connectivity index (χ1) is 17.7. The average Bonchev–Trinajstić information content (AvgIpc) is 3.68. The highest BCUT2D eigenvalue weighted by molar-refractivity contribution is 5.52. The van der Waals surface area contributed by atoms with E-state index in [4.69, 9.17) is 14.2 Å². The molecule has 0 saturated carbocycles. The van der Waals surface area contributed by atoms with Crippen molar-refractivity contribution >= 4 is 0 Å². The Balaban J connectivity index is 1.64. The highest BCUT2D eigenvalue weighted by Gasteiger charge is 2.22. The highest BCUT2D eigenvalue weighted by Crippen LogP contribution is 2.33. The van der Waals surface area contributed by atoms with E-state index < -0.39 is 0 Å². The van der Waals surface area contributed by atoms with Crippen molar-refractivity contribution in [3.63, 3.8) is 0 Å². The van der Waals surface area contributed by atoms with Crippen LogP contribution in [-0.2, 0) is 73.1 Å². The smallest absolute Gasteiger partial charge is 0.0870 e. The number of hydrogen-bond donors (Lipinski definition) is 3. The summed E-state index contributed by atoms with van der Waals surface area (Å²) >= 11 is 0. The maximum Gasteiger partial charge on any atom is 0.0870 e. The second-order valence-electron chi connectivity index (χ2n) is 9.00. The summed E-state index contributed by atoms with van der Waals surface area (Å²) in [5.74, 6) is 0. The molecular formula is C30H39N3O3. The number of hydrogen-bond acceptors (Lipinski definition) is 3. The van der Waals surface area contributed by atoms with Crippen LogP contribution >= 0.6 is 0 Å². The van der Waals surface area contributed by atoms with Crippen molar-refractivity contribution in [1.82, 2.24) is 15.0 Å². The van der Waals surface area contributed by atoms with Crippen molar-refractivity contribution in [1.29, 1.82) is 0 Å². The molecule has 4 rings (SSSR count). The van der Waals surface area contributed by atoms with Gasteiger partial charge < -0.3 is 29.2 Å². The Bertz CT molecular complexity index is 994. The minimum absolute atomic E-state index is 0.562. The molecule has 0 aliphatic rings. The SMILES string of the molecule is CCc1c(COCc2ccc[nH]2)c(CC)c(COCc2ccc[nH]2)c(CC)c1COCc1ccc[nH]1. The second kappa shape index (κ2) is 13.3. The number of benzene rings is 1. The van der Waals surface area contributed by atoms with Gasteiger partial charge in [0.1, 0.15) is 0 Å². The van der Waals surface area contributed by atoms with E-state index >= 15 is 0 Å². The fourth-order valence-corrected chi connectivity index (χ4v) is 5.06. The number of H-pyrrole nitrogens is 3. The van der Waals surface area contributed by atoms with E-state index in [9.17, 15) is 0 Å². The summed E-state index contributed by atoms with van der Waals surface area (Å²) in [7, 11) is 0. The number of ether oxygens (including phenoxy) is 3. The maximum atomic E-state index is 6.24. The van der Waals surface area contributed by atoms with E-state index in [0.717, 1.165) is 36.3 Å². The van der Waals surface area contributed by atoms with Crippen molar-refractivity contribution in [3.05, 3.63) is 105 Å². The van der Waals surface area contributed by atoms with Crippen LogP contribution in [0.2, 0.25) is 0 Å². The minimum Gasteiger partial charge on any atom is -0.371 e. The minimum atomic E-state index is 0.562. The lowest BCUT2D eigenvalue weighted by molar-refractivity contribution is 0.0947. The Morgan fingerprint density at radius 3 is 0.972 bits per heavy atom. The normalized spacial score (nSPS) is 11.4. The maximum absolute atomic E-state index is 6.24. The zero-order valence-corrected chi connectivity index (χ0v) is 21.8. The molecule has 0 spiro atoms. The van der Waals surface area contributed by atoms with Gasteiger partial charge in [-0.3, -0.25) is 0 Å². The van der Waals surface area contributed by atoms with Gasteiger partial charge >= 0.3 is 0 Å². The van der Waals surface area contributed by atoms with E-state index in [-0.39, 0.29) is 0 Å². The molecule has 192 valence electrons. The third-order valence-corrected chi connectivity index (χ3v) is 6.75. The Morgan fingerprint density at radius 1 is 0.444 bits per heavy atom. The summed E-state index contributed by atoms with van der Waals surface area (Å²) in [5.41, 5.74) is 11.2. The van der Waals surface area contributed by atoms with E-state index in [2.05, 4.69) is 53.9 Å². The number of rotatable bonds is 15. The Kier molecular flexibility index (Phi) is 9.61. The molecule has 3 heterocycles. The molecule has 0 bridgehead atoms. The van der Waals surface area contributed by atoms with Gasteiger partial charge in [-0.2, -0.15) is 0 Å². The topological polar surface area (TPSA) is 75.1 Å². The Hall–Kier alpha value is -3.06. The molecule has 4 aromatic rings. The van der Waals surface area contributed by atoms with Crippen LogP contribution in [0.1, 0.15) is 71.2 Å². The quantitative estimate of drug-likeness (QED) is 0.178. The van der Waals surface area contributed by atoms with Gasteiger partial charge in [0.05, 0.1) is 39.6 Å². The van der Waals surface area contributed by atoms with Crippen molar-refractivity contribution in [2.45, 2.75) is 79.7 Å². The van der Waals surface area contributed by atoms with Crippen LogP contribution in [-0.4, -0.2) is 15.0 Å². The van der Waals surface area contributed by atoms with Crippen LogP contribution in [0.3, 0.4) is 0 Å². The molecule has 0 atom stereocenters. The van der Waals surface area contributed by atoms with E-state index in [1.165, 1.54) is 33.4 Å². The van der Waals surface area contributed by atoms with Gasteiger partial charge in [-0.05, 0) is 89.0 Å². The lowest BCUT2D eigenvalue weighted by Crippen LogP contribution is -2.15. The van der Waals surface area contributed by atoms with Crippen LogP contribution in [0.5, 0.6) is 0 Å². The average molecular weight is 490 g/mol. The van der Waals surface area contributed by atoms with Crippen LogP contribution in [0.4, 0.5) is 0 Å². The van der Waals surface area contributed by atoms with E-state index in [1.807, 2.05) is 36.8 Å². The first-order valence-electron chi connectivity index (χ1n) is 13.0. The molecule has 0 radical (unpaired) electrons. The number of nitrogens with one attached hydrogen (secondary N) is 3. The van der Waals surface area contributed by atoms with E-state index in [1.54, 1.807) is 0 Å². The second-order valence-corrected chi connectivity index (χ2v) is 9.00. The van der Waals surface area contributed by atoms with Gasteiger partial charge in [0.15, 0.2) is 0 Å². The fraction of sp³-hybridized carbons (Fsp3) is 0.400. The lowest BCUT2D eigenvalue weighted by Gasteiger charge is -2.26. The molecule has 0 unspecified atom stereocenters. The van der Waals surface area contributed by atoms with Crippen LogP contribution < -0.4 is 0 Å². The molecule has 0 aliphatic carbocycles. The molecule has 1 aromatic carbocycles. The zero-order chi connectivity index (χ0) is 25.2. The Labute approximate surface area is 214 Å². The van der Waals surface area contributed by atoms with Gasteiger partial charge in [0.25, 0.3) is 0 Å². The predicted molar refractivity (Wildman–Crippen MR) is 142 cm³/mol. The fourth-order valence-electron chi connectivity index (χ4n) is 5.06. The first kappa shape index (κ1) is 26.0. The molecule has 6 nitrogen and oxygen atoms in total. The number of aromatic amines is 3. The predicted octanol–water partition coefficient (Wildman–Crippen LogP) is 6.51. The standard InChI is InChI=1S/C30H39N3O3/c1-4-25-28(19-34-16-22-10-7-13-31-22)26(5-2)30(21-36-18-24-12-9-15-33-24)27(6-3)29(25)20-35-17-23-11-8-14-32-23/h7-15,31-33H,4-6,16-21H2,1-3H3. The summed E-state index contributed by atoms with van der Waals surface area (Å²) in [6, 6.07) is 12.2. The molecule has 36 heavy (non-hydrogen) atoms. The van der Waals surface area contributed by atoms with Gasteiger partial charge in [-0.1, -0.05) is 20.8 Å². The monoisotopic (exact) mass is 489 g/mol. The molecule has 0 aliphatic heterocycles. The molecule has 0 saturated heterocycles. The van der Waals surface area contributed by atoms with Crippen LogP contribution in [0.15, 0.2) is 55.0 Å². The molecule has 3 N–H and O–H groups in total.